The van der Waals surface area contributed by atoms with E-state index in [0.29, 0.717) is 19.5 Å². The van der Waals surface area contributed by atoms with E-state index >= 15 is 0 Å². The van der Waals surface area contributed by atoms with Crippen LogP contribution in [0.1, 0.15) is 24.8 Å². The fraction of sp³-hybridized carbons (Fsp3) is 0.600. The normalized spacial score (nSPS) is 24.6. The number of hydrogen-bond donors (Lipinski definition) is 1. The summed E-state index contributed by atoms with van der Waals surface area (Å²) in [6.45, 7) is 3.68. The highest BCUT2D eigenvalue weighted by atomic mass is 16.2. The van der Waals surface area contributed by atoms with Crippen LogP contribution in [0.2, 0.25) is 0 Å². The van der Waals surface area contributed by atoms with Crippen LogP contribution in [0.5, 0.6) is 0 Å². The van der Waals surface area contributed by atoms with Gasteiger partial charge in [-0.3, -0.25) is 9.69 Å². The van der Waals surface area contributed by atoms with Crippen LogP contribution in [0.15, 0.2) is 30.3 Å². The smallest absolute Gasteiger partial charge is 0.317 e. The van der Waals surface area contributed by atoms with Crippen molar-refractivity contribution in [2.75, 3.05) is 46.8 Å². The molecule has 0 unspecified atom stereocenters. The van der Waals surface area contributed by atoms with Crippen molar-refractivity contribution in [3.8, 4) is 0 Å². The predicted octanol–water partition coefficient (Wildman–Crippen LogP) is 1.57. The molecule has 1 atom stereocenters. The number of carbonyl (C=O) groups is 2. The van der Waals surface area contributed by atoms with Gasteiger partial charge in [0.1, 0.15) is 0 Å². The summed E-state index contributed by atoms with van der Waals surface area (Å²) in [5.74, 6) is 0.208. The van der Waals surface area contributed by atoms with Crippen molar-refractivity contribution in [3.63, 3.8) is 0 Å². The Labute approximate surface area is 156 Å². The lowest BCUT2D eigenvalue weighted by molar-refractivity contribution is -0.129. The SMILES string of the molecule is CN1CC[C@]2(CCC1=O)CN(C(=O)NCCc1ccccc1)CCN2C. The lowest BCUT2D eigenvalue weighted by Gasteiger charge is -2.49. The summed E-state index contributed by atoms with van der Waals surface area (Å²) in [6, 6.07) is 10.2. The summed E-state index contributed by atoms with van der Waals surface area (Å²) in [5.41, 5.74) is 1.14. The van der Waals surface area contributed by atoms with E-state index in [4.69, 9.17) is 0 Å². The maximum atomic E-state index is 12.7. The van der Waals surface area contributed by atoms with Crippen molar-refractivity contribution in [1.82, 2.24) is 20.0 Å². The van der Waals surface area contributed by atoms with Gasteiger partial charge in [-0.15, -0.1) is 0 Å². The quantitative estimate of drug-likeness (QED) is 0.892. The van der Waals surface area contributed by atoms with Crippen LogP contribution in [0.4, 0.5) is 4.79 Å². The zero-order valence-electron chi connectivity index (χ0n) is 15.9. The Morgan fingerprint density at radius 2 is 1.88 bits per heavy atom. The van der Waals surface area contributed by atoms with Gasteiger partial charge >= 0.3 is 6.03 Å². The first-order valence-electron chi connectivity index (χ1n) is 9.52. The van der Waals surface area contributed by atoms with Gasteiger partial charge in [0, 0.05) is 51.7 Å². The molecule has 0 aliphatic carbocycles. The average Bonchev–Trinajstić information content (AvgIpc) is 2.79. The number of rotatable bonds is 3. The molecule has 0 bridgehead atoms. The van der Waals surface area contributed by atoms with E-state index < -0.39 is 0 Å². The van der Waals surface area contributed by atoms with Gasteiger partial charge in [-0.05, 0) is 31.9 Å². The van der Waals surface area contributed by atoms with Gasteiger partial charge in [-0.1, -0.05) is 30.3 Å². The maximum Gasteiger partial charge on any atom is 0.317 e. The Morgan fingerprint density at radius 3 is 2.65 bits per heavy atom. The molecule has 2 aliphatic rings. The van der Waals surface area contributed by atoms with E-state index in [0.717, 1.165) is 38.9 Å². The molecule has 6 nitrogen and oxygen atoms in total. The van der Waals surface area contributed by atoms with Gasteiger partial charge in [-0.2, -0.15) is 0 Å². The van der Waals surface area contributed by atoms with Crippen LogP contribution in [0.25, 0.3) is 0 Å². The summed E-state index contributed by atoms with van der Waals surface area (Å²) in [6.07, 6.45) is 3.13. The van der Waals surface area contributed by atoms with E-state index in [-0.39, 0.29) is 17.5 Å². The van der Waals surface area contributed by atoms with Gasteiger partial charge in [0.2, 0.25) is 5.91 Å². The topological polar surface area (TPSA) is 55.9 Å². The monoisotopic (exact) mass is 358 g/mol. The number of carbonyl (C=O) groups excluding carboxylic acids is 2. The first-order chi connectivity index (χ1) is 12.5. The first-order valence-corrected chi connectivity index (χ1v) is 9.52. The van der Waals surface area contributed by atoms with E-state index in [1.165, 1.54) is 5.56 Å². The molecule has 3 amide bonds. The molecule has 1 aromatic rings. The number of nitrogens with one attached hydrogen (secondary N) is 1. The summed E-state index contributed by atoms with van der Waals surface area (Å²) in [7, 11) is 4.00. The molecule has 2 aliphatic heterocycles. The van der Waals surface area contributed by atoms with E-state index in [2.05, 4.69) is 29.4 Å². The van der Waals surface area contributed by atoms with Crippen molar-refractivity contribution in [2.45, 2.75) is 31.2 Å². The number of likely N-dealkylation sites (N-methyl/N-ethyl adjacent to an activating group) is 1. The van der Waals surface area contributed by atoms with Gasteiger partial charge in [0.25, 0.3) is 0 Å². The Bertz CT molecular complexity index is 636. The van der Waals surface area contributed by atoms with Crippen LogP contribution in [0, 0.1) is 0 Å². The highest BCUT2D eigenvalue weighted by Gasteiger charge is 2.42. The van der Waals surface area contributed by atoms with Crippen LogP contribution < -0.4 is 5.32 Å². The van der Waals surface area contributed by atoms with Crippen LogP contribution in [-0.2, 0) is 11.2 Å². The van der Waals surface area contributed by atoms with Gasteiger partial charge in [0.15, 0.2) is 0 Å². The number of benzene rings is 1. The fourth-order valence-electron chi connectivity index (χ4n) is 4.00. The van der Waals surface area contributed by atoms with Crippen LogP contribution in [-0.4, -0.2) is 79.0 Å². The molecule has 3 rings (SSSR count). The van der Waals surface area contributed by atoms with Gasteiger partial charge in [0.05, 0.1) is 0 Å². The molecule has 0 aromatic heterocycles. The Kier molecular flexibility index (Phi) is 5.81. The minimum atomic E-state index is -0.0879. The Hall–Kier alpha value is -2.08. The zero-order valence-corrected chi connectivity index (χ0v) is 15.9. The third-order valence-corrected chi connectivity index (χ3v) is 5.96. The molecule has 142 valence electrons. The molecular weight excluding hydrogens is 328 g/mol. The lowest BCUT2D eigenvalue weighted by atomic mass is 9.86. The second-order valence-electron chi connectivity index (χ2n) is 7.60. The van der Waals surface area contributed by atoms with E-state index in [1.54, 1.807) is 0 Å². The predicted molar refractivity (Wildman–Crippen MR) is 102 cm³/mol. The standard InChI is InChI=1S/C20H30N4O2/c1-22-13-11-20(10-8-18(22)25)16-24(15-14-23(20)2)19(26)21-12-9-17-6-4-3-5-7-17/h3-7H,8-16H2,1-2H3,(H,21,26)/t20-/m1/s1. The Balaban J connectivity index is 1.56. The molecule has 2 fully saturated rings. The highest BCUT2D eigenvalue weighted by Crippen LogP contribution is 2.31. The lowest BCUT2D eigenvalue weighted by Crippen LogP contribution is -2.63. The largest absolute Gasteiger partial charge is 0.346 e. The average molecular weight is 358 g/mol. The second-order valence-corrected chi connectivity index (χ2v) is 7.60. The molecule has 1 spiro atoms. The van der Waals surface area contributed by atoms with Crippen molar-refractivity contribution >= 4 is 11.9 Å². The first kappa shape index (κ1) is 18.7. The van der Waals surface area contributed by atoms with Crippen molar-refractivity contribution in [2.24, 2.45) is 0 Å². The Morgan fingerprint density at radius 1 is 1.12 bits per heavy atom. The van der Waals surface area contributed by atoms with E-state index in [9.17, 15) is 9.59 Å². The van der Waals surface area contributed by atoms with Gasteiger partial charge < -0.3 is 15.1 Å². The molecule has 2 heterocycles. The number of amides is 3. The maximum absolute atomic E-state index is 12.7. The summed E-state index contributed by atoms with van der Waals surface area (Å²) < 4.78 is 0. The highest BCUT2D eigenvalue weighted by molar-refractivity contribution is 5.76. The number of likely N-dealkylation sites (tertiary alicyclic amines) is 1. The number of hydrogen-bond acceptors (Lipinski definition) is 3. The molecule has 2 saturated heterocycles. The van der Waals surface area contributed by atoms with E-state index in [1.807, 2.05) is 35.0 Å². The second kappa shape index (κ2) is 8.08. The summed E-state index contributed by atoms with van der Waals surface area (Å²) in [5, 5.41) is 3.06. The zero-order chi connectivity index (χ0) is 18.6. The van der Waals surface area contributed by atoms with Crippen molar-refractivity contribution < 1.29 is 9.59 Å². The molecule has 26 heavy (non-hydrogen) atoms. The molecule has 0 radical (unpaired) electrons. The van der Waals surface area contributed by atoms with Gasteiger partial charge in [-0.25, -0.2) is 4.79 Å². The summed E-state index contributed by atoms with van der Waals surface area (Å²) in [4.78, 5) is 30.8. The third kappa shape index (κ3) is 4.18. The fourth-order valence-corrected chi connectivity index (χ4v) is 4.00. The number of nitrogens with zero attached hydrogens (tertiary/aromatic N) is 3. The third-order valence-electron chi connectivity index (χ3n) is 5.96. The molecule has 1 aromatic carbocycles. The molecular formula is C20H30N4O2. The van der Waals surface area contributed by atoms with Crippen LogP contribution in [0.3, 0.4) is 0 Å². The molecule has 6 heteroatoms. The minimum absolute atomic E-state index is 0.0114. The van der Waals surface area contributed by atoms with Crippen molar-refractivity contribution in [1.29, 1.82) is 0 Å². The summed E-state index contributed by atoms with van der Waals surface area (Å²) >= 11 is 0. The number of urea groups is 1. The van der Waals surface area contributed by atoms with Crippen LogP contribution >= 0.6 is 0 Å². The minimum Gasteiger partial charge on any atom is -0.346 e. The van der Waals surface area contributed by atoms with Crippen molar-refractivity contribution in [3.05, 3.63) is 35.9 Å². The molecule has 1 N–H and O–H groups in total. The number of piperazine rings is 1. The molecule has 0 saturated carbocycles.